The van der Waals surface area contributed by atoms with E-state index >= 15 is 0 Å². The largest absolute Gasteiger partial charge is 0.364 e. The molecule has 0 aromatic carbocycles. The van der Waals surface area contributed by atoms with Gasteiger partial charge in [-0.3, -0.25) is 5.10 Å². The molecule has 2 aromatic rings. The molecule has 2 rings (SSSR count). The van der Waals surface area contributed by atoms with Crippen LogP contribution >= 0.6 is 15.9 Å². The standard InChI is InChI=1S/C8H8BrN5/c9-7-3-8(12-5-11-7)10-4-6-1-2-13-14-6/h1-3,5H,4H2,(H,13,14)(H,10,11,12). The fourth-order valence-electron chi connectivity index (χ4n) is 0.999. The Bertz CT molecular complexity index is 400. The summed E-state index contributed by atoms with van der Waals surface area (Å²) in [5.74, 6) is 0.779. The van der Waals surface area contributed by atoms with Crippen LogP contribution in [0.5, 0.6) is 0 Å². The summed E-state index contributed by atoms with van der Waals surface area (Å²) in [6.07, 6.45) is 3.21. The first-order valence-electron chi connectivity index (χ1n) is 4.04. The molecule has 0 saturated carbocycles. The summed E-state index contributed by atoms with van der Waals surface area (Å²) < 4.78 is 0.764. The second-order valence-electron chi connectivity index (χ2n) is 2.66. The van der Waals surface area contributed by atoms with Crippen LogP contribution < -0.4 is 5.32 Å². The smallest absolute Gasteiger partial charge is 0.130 e. The summed E-state index contributed by atoms with van der Waals surface area (Å²) >= 11 is 3.27. The van der Waals surface area contributed by atoms with Crippen molar-refractivity contribution in [3.63, 3.8) is 0 Å². The van der Waals surface area contributed by atoms with Crippen molar-refractivity contribution < 1.29 is 0 Å². The van der Waals surface area contributed by atoms with E-state index in [-0.39, 0.29) is 0 Å². The summed E-state index contributed by atoms with van der Waals surface area (Å²) in [5, 5.41) is 9.83. The molecule has 2 aromatic heterocycles. The third-order valence-electron chi connectivity index (χ3n) is 1.65. The second-order valence-corrected chi connectivity index (χ2v) is 3.47. The number of nitrogens with one attached hydrogen (secondary N) is 2. The highest BCUT2D eigenvalue weighted by Crippen LogP contribution is 2.09. The van der Waals surface area contributed by atoms with Gasteiger partial charge in [0.05, 0.1) is 12.2 Å². The average Bonchev–Trinajstić information content (AvgIpc) is 2.67. The normalized spacial score (nSPS) is 10.1. The Kier molecular flexibility index (Phi) is 2.73. The van der Waals surface area contributed by atoms with Gasteiger partial charge in [-0.25, -0.2) is 9.97 Å². The zero-order chi connectivity index (χ0) is 9.80. The van der Waals surface area contributed by atoms with E-state index in [2.05, 4.69) is 41.4 Å². The van der Waals surface area contributed by atoms with Crippen molar-refractivity contribution in [2.45, 2.75) is 6.54 Å². The van der Waals surface area contributed by atoms with Crippen LogP contribution in [0.15, 0.2) is 29.3 Å². The van der Waals surface area contributed by atoms with Crippen molar-refractivity contribution in [3.05, 3.63) is 35.0 Å². The Morgan fingerprint density at radius 1 is 1.43 bits per heavy atom. The van der Waals surface area contributed by atoms with E-state index in [9.17, 15) is 0 Å². The van der Waals surface area contributed by atoms with Gasteiger partial charge < -0.3 is 5.32 Å². The highest BCUT2D eigenvalue weighted by atomic mass is 79.9. The number of halogens is 1. The number of aromatic amines is 1. The van der Waals surface area contributed by atoms with Crippen LogP contribution in [0.3, 0.4) is 0 Å². The van der Waals surface area contributed by atoms with E-state index in [0.717, 1.165) is 16.1 Å². The molecule has 0 atom stereocenters. The molecular weight excluding hydrogens is 246 g/mol. The highest BCUT2D eigenvalue weighted by Gasteiger charge is 1.96. The number of hydrogen-bond acceptors (Lipinski definition) is 4. The van der Waals surface area contributed by atoms with Gasteiger partial charge in [-0.2, -0.15) is 5.10 Å². The van der Waals surface area contributed by atoms with Gasteiger partial charge in [0.25, 0.3) is 0 Å². The van der Waals surface area contributed by atoms with Gasteiger partial charge in [0, 0.05) is 12.3 Å². The molecule has 72 valence electrons. The van der Waals surface area contributed by atoms with Crippen LogP contribution in [0.25, 0.3) is 0 Å². The molecule has 2 N–H and O–H groups in total. The maximum atomic E-state index is 4.05. The first-order chi connectivity index (χ1) is 6.84. The number of nitrogens with zero attached hydrogens (tertiary/aromatic N) is 3. The van der Waals surface area contributed by atoms with Crippen molar-refractivity contribution in [1.29, 1.82) is 0 Å². The van der Waals surface area contributed by atoms with Crippen LogP contribution in [0.2, 0.25) is 0 Å². The molecule has 6 heteroatoms. The molecule has 0 spiro atoms. The number of H-pyrrole nitrogens is 1. The summed E-state index contributed by atoms with van der Waals surface area (Å²) in [6.45, 7) is 0.670. The minimum absolute atomic E-state index is 0.670. The van der Waals surface area contributed by atoms with Gasteiger partial charge in [-0.1, -0.05) is 0 Å². The van der Waals surface area contributed by atoms with E-state index < -0.39 is 0 Å². The lowest BCUT2D eigenvalue weighted by atomic mass is 10.4. The molecule has 0 aliphatic rings. The quantitative estimate of drug-likeness (QED) is 0.816. The van der Waals surface area contributed by atoms with E-state index in [1.165, 1.54) is 6.33 Å². The lowest BCUT2D eigenvalue weighted by molar-refractivity contribution is 0.969. The molecule has 0 radical (unpaired) electrons. The molecule has 0 amide bonds. The van der Waals surface area contributed by atoms with Gasteiger partial charge in [0.2, 0.25) is 0 Å². The predicted molar refractivity (Wildman–Crippen MR) is 55.6 cm³/mol. The monoisotopic (exact) mass is 253 g/mol. The Labute approximate surface area is 89.1 Å². The van der Waals surface area contributed by atoms with Crippen LogP contribution in [-0.4, -0.2) is 20.2 Å². The predicted octanol–water partition coefficient (Wildman–Crippen LogP) is 1.57. The number of rotatable bonds is 3. The maximum absolute atomic E-state index is 4.05. The van der Waals surface area contributed by atoms with Crippen LogP contribution in [0.1, 0.15) is 5.69 Å². The van der Waals surface area contributed by atoms with Gasteiger partial charge in [-0.05, 0) is 22.0 Å². The van der Waals surface area contributed by atoms with Gasteiger partial charge in [0.15, 0.2) is 0 Å². The first kappa shape index (κ1) is 9.14. The Morgan fingerprint density at radius 2 is 2.36 bits per heavy atom. The van der Waals surface area contributed by atoms with Gasteiger partial charge >= 0.3 is 0 Å². The van der Waals surface area contributed by atoms with Crippen LogP contribution in [-0.2, 0) is 6.54 Å². The van der Waals surface area contributed by atoms with Crippen molar-refractivity contribution in [3.8, 4) is 0 Å². The molecule has 5 nitrogen and oxygen atoms in total. The fourth-order valence-corrected chi connectivity index (χ4v) is 1.31. The van der Waals surface area contributed by atoms with E-state index in [0.29, 0.717) is 6.54 Å². The van der Waals surface area contributed by atoms with Gasteiger partial charge in [0.1, 0.15) is 16.7 Å². The summed E-state index contributed by atoms with van der Waals surface area (Å²) in [6, 6.07) is 3.72. The highest BCUT2D eigenvalue weighted by molar-refractivity contribution is 9.10. The molecule has 0 aliphatic carbocycles. The molecular formula is C8H8BrN5. The zero-order valence-corrected chi connectivity index (χ0v) is 8.82. The molecule has 0 saturated heterocycles. The second kappa shape index (κ2) is 4.19. The average molecular weight is 254 g/mol. The first-order valence-corrected chi connectivity index (χ1v) is 4.83. The fraction of sp³-hybridized carbons (Fsp3) is 0.125. The minimum Gasteiger partial charge on any atom is -0.364 e. The van der Waals surface area contributed by atoms with Crippen molar-refractivity contribution in [2.24, 2.45) is 0 Å². The number of aromatic nitrogens is 4. The van der Waals surface area contributed by atoms with Crippen LogP contribution in [0, 0.1) is 0 Å². The molecule has 0 aliphatic heterocycles. The lowest BCUT2D eigenvalue weighted by Gasteiger charge is -2.02. The number of anilines is 1. The molecule has 0 bridgehead atoms. The van der Waals surface area contributed by atoms with E-state index in [1.807, 2.05) is 12.1 Å². The van der Waals surface area contributed by atoms with Crippen molar-refractivity contribution in [1.82, 2.24) is 20.2 Å². The third-order valence-corrected chi connectivity index (χ3v) is 2.09. The lowest BCUT2D eigenvalue weighted by Crippen LogP contribution is -2.01. The number of hydrogen-bond donors (Lipinski definition) is 2. The minimum atomic E-state index is 0.670. The molecule has 2 heterocycles. The summed E-state index contributed by atoms with van der Waals surface area (Å²) in [4.78, 5) is 7.98. The third kappa shape index (κ3) is 2.29. The Morgan fingerprint density at radius 3 is 3.07 bits per heavy atom. The van der Waals surface area contributed by atoms with Crippen LogP contribution in [0.4, 0.5) is 5.82 Å². The maximum Gasteiger partial charge on any atom is 0.130 e. The topological polar surface area (TPSA) is 66.5 Å². The Balaban J connectivity index is 1.98. The Hall–Kier alpha value is -1.43. The summed E-state index contributed by atoms with van der Waals surface area (Å²) in [5.41, 5.74) is 1.01. The molecule has 0 fully saturated rings. The summed E-state index contributed by atoms with van der Waals surface area (Å²) in [7, 11) is 0. The van der Waals surface area contributed by atoms with E-state index in [1.54, 1.807) is 6.20 Å². The van der Waals surface area contributed by atoms with Crippen molar-refractivity contribution in [2.75, 3.05) is 5.32 Å². The SMILES string of the molecule is Brc1cc(NCc2ccn[nH]2)ncn1. The zero-order valence-electron chi connectivity index (χ0n) is 7.24. The van der Waals surface area contributed by atoms with E-state index in [4.69, 9.17) is 0 Å². The van der Waals surface area contributed by atoms with Crippen molar-refractivity contribution >= 4 is 21.7 Å². The molecule has 14 heavy (non-hydrogen) atoms. The molecule has 0 unspecified atom stereocenters. The van der Waals surface area contributed by atoms with Gasteiger partial charge in [-0.15, -0.1) is 0 Å².